The van der Waals surface area contributed by atoms with E-state index in [1.54, 1.807) is 42.5 Å². The molecule has 0 bridgehead atoms. The summed E-state index contributed by atoms with van der Waals surface area (Å²) in [6.07, 6.45) is 1.91. The zero-order chi connectivity index (χ0) is 20.2. The molecule has 6 nitrogen and oxygen atoms in total. The fraction of sp³-hybridized carbons (Fsp3) is 0.0526. The molecule has 0 aliphatic carbocycles. The number of sulfonamides is 2. The van der Waals surface area contributed by atoms with Crippen LogP contribution in [0, 0.1) is 0 Å². The summed E-state index contributed by atoms with van der Waals surface area (Å²) in [5, 5.41) is 0. The first-order valence-electron chi connectivity index (χ1n) is 8.15. The summed E-state index contributed by atoms with van der Waals surface area (Å²) in [6.45, 7) is 0. The molecule has 0 unspecified atom stereocenters. The van der Waals surface area contributed by atoms with E-state index in [0.29, 0.717) is 5.69 Å². The van der Waals surface area contributed by atoms with Crippen LogP contribution >= 0.6 is 11.8 Å². The Labute approximate surface area is 169 Å². The monoisotopic (exact) mass is 434 g/mol. The normalized spacial score (nSPS) is 11.8. The van der Waals surface area contributed by atoms with Gasteiger partial charge in [-0.25, -0.2) is 16.8 Å². The van der Waals surface area contributed by atoms with Gasteiger partial charge in [0.1, 0.15) is 0 Å². The van der Waals surface area contributed by atoms with Crippen LogP contribution in [0.1, 0.15) is 0 Å². The molecule has 3 aromatic carbocycles. The number of rotatable bonds is 7. The lowest BCUT2D eigenvalue weighted by Crippen LogP contribution is -2.14. The number of benzene rings is 3. The summed E-state index contributed by atoms with van der Waals surface area (Å²) in [6, 6.07) is 20.5. The molecular formula is C19H18N2O4S3. The van der Waals surface area contributed by atoms with Crippen LogP contribution < -0.4 is 9.44 Å². The third-order valence-electron chi connectivity index (χ3n) is 3.81. The fourth-order valence-corrected chi connectivity index (χ4v) is 4.92. The largest absolute Gasteiger partial charge is 0.280 e. The highest BCUT2D eigenvalue weighted by Crippen LogP contribution is 2.22. The Morgan fingerprint density at radius 2 is 1.04 bits per heavy atom. The van der Waals surface area contributed by atoms with E-state index in [-0.39, 0.29) is 15.5 Å². The van der Waals surface area contributed by atoms with Crippen LogP contribution in [-0.4, -0.2) is 23.1 Å². The van der Waals surface area contributed by atoms with Crippen molar-refractivity contribution in [3.05, 3.63) is 78.9 Å². The highest BCUT2D eigenvalue weighted by Gasteiger charge is 2.17. The first-order chi connectivity index (χ1) is 13.3. The lowest BCUT2D eigenvalue weighted by molar-refractivity contribution is 0.600. The second kappa shape index (κ2) is 8.26. The van der Waals surface area contributed by atoms with Gasteiger partial charge < -0.3 is 0 Å². The van der Waals surface area contributed by atoms with Crippen molar-refractivity contribution in [1.29, 1.82) is 0 Å². The molecule has 0 heterocycles. The Kier molecular flexibility index (Phi) is 5.97. The van der Waals surface area contributed by atoms with Gasteiger partial charge >= 0.3 is 0 Å². The van der Waals surface area contributed by atoms with E-state index in [1.165, 1.54) is 48.2 Å². The maximum Gasteiger partial charge on any atom is 0.261 e. The number of hydrogen-bond acceptors (Lipinski definition) is 5. The zero-order valence-corrected chi connectivity index (χ0v) is 17.3. The number of anilines is 2. The zero-order valence-electron chi connectivity index (χ0n) is 14.9. The molecule has 0 fully saturated rings. The van der Waals surface area contributed by atoms with Crippen LogP contribution in [0.3, 0.4) is 0 Å². The Bertz CT molecular complexity index is 1140. The van der Waals surface area contributed by atoms with Gasteiger partial charge in [0.25, 0.3) is 20.0 Å². The van der Waals surface area contributed by atoms with Crippen molar-refractivity contribution in [2.75, 3.05) is 15.7 Å². The van der Waals surface area contributed by atoms with Gasteiger partial charge in [-0.2, -0.15) is 0 Å². The molecule has 0 aromatic heterocycles. The van der Waals surface area contributed by atoms with Crippen molar-refractivity contribution in [2.45, 2.75) is 14.7 Å². The standard InChI is InChI=1S/C19H18N2O4S3/c1-26-17-9-13-19(14-10-17)28(24,25)21-16-7-11-18(12-8-16)27(22,23)20-15-5-3-2-4-6-15/h2-14,20-21H,1H3. The Morgan fingerprint density at radius 3 is 1.50 bits per heavy atom. The van der Waals surface area contributed by atoms with Gasteiger partial charge in [-0.1, -0.05) is 18.2 Å². The molecule has 0 radical (unpaired) electrons. The molecule has 3 aromatic rings. The van der Waals surface area contributed by atoms with E-state index >= 15 is 0 Å². The predicted molar refractivity (Wildman–Crippen MR) is 113 cm³/mol. The van der Waals surface area contributed by atoms with Crippen molar-refractivity contribution >= 4 is 43.2 Å². The minimum absolute atomic E-state index is 0.0311. The minimum atomic E-state index is -3.76. The number of nitrogens with one attached hydrogen (secondary N) is 2. The highest BCUT2D eigenvalue weighted by molar-refractivity contribution is 7.98. The Balaban J connectivity index is 1.76. The van der Waals surface area contributed by atoms with Crippen molar-refractivity contribution in [1.82, 2.24) is 0 Å². The van der Waals surface area contributed by atoms with Crippen LogP contribution in [0.4, 0.5) is 11.4 Å². The Morgan fingerprint density at radius 1 is 0.607 bits per heavy atom. The third kappa shape index (κ3) is 4.86. The third-order valence-corrected chi connectivity index (χ3v) is 7.35. The predicted octanol–water partition coefficient (Wildman–Crippen LogP) is 4.01. The van der Waals surface area contributed by atoms with Gasteiger partial charge in [0.05, 0.1) is 9.79 Å². The molecule has 0 amide bonds. The molecule has 28 heavy (non-hydrogen) atoms. The molecule has 3 rings (SSSR count). The topological polar surface area (TPSA) is 92.3 Å². The molecule has 0 saturated carbocycles. The average molecular weight is 435 g/mol. The molecule has 0 saturated heterocycles. The summed E-state index contributed by atoms with van der Waals surface area (Å²) in [7, 11) is -7.52. The van der Waals surface area contributed by atoms with Gasteiger partial charge in [-0.15, -0.1) is 11.8 Å². The second-order valence-electron chi connectivity index (χ2n) is 5.78. The van der Waals surface area contributed by atoms with Gasteiger partial charge in [0.2, 0.25) is 0 Å². The van der Waals surface area contributed by atoms with E-state index in [9.17, 15) is 16.8 Å². The van der Waals surface area contributed by atoms with Crippen molar-refractivity contribution in [2.24, 2.45) is 0 Å². The molecule has 0 atom stereocenters. The fourth-order valence-electron chi connectivity index (χ4n) is 2.39. The molecule has 0 spiro atoms. The van der Waals surface area contributed by atoms with Gasteiger partial charge in [-0.05, 0) is 66.9 Å². The van der Waals surface area contributed by atoms with Crippen molar-refractivity contribution < 1.29 is 16.8 Å². The molecular weight excluding hydrogens is 416 g/mol. The smallest absolute Gasteiger partial charge is 0.261 e. The van der Waals surface area contributed by atoms with E-state index in [0.717, 1.165) is 4.90 Å². The van der Waals surface area contributed by atoms with Gasteiger partial charge in [-0.3, -0.25) is 9.44 Å². The number of thioether (sulfide) groups is 1. The van der Waals surface area contributed by atoms with Gasteiger partial charge in [0.15, 0.2) is 0 Å². The second-order valence-corrected chi connectivity index (χ2v) is 10.0. The average Bonchev–Trinajstić information content (AvgIpc) is 2.68. The van der Waals surface area contributed by atoms with Crippen LogP contribution in [0.2, 0.25) is 0 Å². The molecule has 146 valence electrons. The maximum absolute atomic E-state index is 12.5. The van der Waals surface area contributed by atoms with E-state index < -0.39 is 20.0 Å². The van der Waals surface area contributed by atoms with E-state index in [2.05, 4.69) is 9.44 Å². The lowest BCUT2D eigenvalue weighted by Gasteiger charge is -2.11. The Hall–Kier alpha value is -2.49. The molecule has 2 N–H and O–H groups in total. The lowest BCUT2D eigenvalue weighted by atomic mass is 10.3. The van der Waals surface area contributed by atoms with E-state index in [4.69, 9.17) is 0 Å². The molecule has 0 aliphatic heterocycles. The maximum atomic E-state index is 12.5. The van der Waals surface area contributed by atoms with Gasteiger partial charge in [0, 0.05) is 16.3 Å². The van der Waals surface area contributed by atoms with Crippen LogP contribution in [0.25, 0.3) is 0 Å². The van der Waals surface area contributed by atoms with Crippen LogP contribution in [0.15, 0.2) is 93.5 Å². The summed E-state index contributed by atoms with van der Waals surface area (Å²) < 4.78 is 54.7. The summed E-state index contributed by atoms with van der Waals surface area (Å²) in [5.74, 6) is 0. The van der Waals surface area contributed by atoms with Crippen LogP contribution in [0.5, 0.6) is 0 Å². The van der Waals surface area contributed by atoms with Crippen molar-refractivity contribution in [3.63, 3.8) is 0 Å². The number of hydrogen-bond donors (Lipinski definition) is 2. The summed E-state index contributed by atoms with van der Waals surface area (Å²) in [5.41, 5.74) is 0.716. The summed E-state index contributed by atoms with van der Waals surface area (Å²) >= 11 is 1.52. The summed E-state index contributed by atoms with van der Waals surface area (Å²) in [4.78, 5) is 1.12. The van der Waals surface area contributed by atoms with E-state index in [1.807, 2.05) is 6.26 Å². The molecule has 9 heteroatoms. The SMILES string of the molecule is CSc1ccc(S(=O)(=O)Nc2ccc(S(=O)(=O)Nc3ccccc3)cc2)cc1. The number of para-hydroxylation sites is 1. The quantitative estimate of drug-likeness (QED) is 0.548. The van der Waals surface area contributed by atoms with Crippen LogP contribution in [-0.2, 0) is 20.0 Å². The highest BCUT2D eigenvalue weighted by atomic mass is 32.2. The first kappa shape index (κ1) is 20.2. The first-order valence-corrected chi connectivity index (χ1v) is 12.3. The van der Waals surface area contributed by atoms with Crippen molar-refractivity contribution in [3.8, 4) is 0 Å². The molecule has 0 aliphatic rings. The minimum Gasteiger partial charge on any atom is -0.280 e.